The van der Waals surface area contributed by atoms with Crippen LogP contribution in [0.1, 0.15) is 41.6 Å². The van der Waals surface area contributed by atoms with Crippen molar-refractivity contribution in [3.05, 3.63) is 10.6 Å². The van der Waals surface area contributed by atoms with Crippen molar-refractivity contribution in [3.63, 3.8) is 0 Å². The van der Waals surface area contributed by atoms with Crippen LogP contribution in [-0.2, 0) is 6.42 Å². The van der Waals surface area contributed by atoms with Crippen molar-refractivity contribution < 1.29 is 4.79 Å². The first kappa shape index (κ1) is 14.7. The molecule has 2 atom stereocenters. The summed E-state index contributed by atoms with van der Waals surface area (Å²) in [5.41, 5.74) is 0.840. The van der Waals surface area contributed by atoms with E-state index in [0.717, 1.165) is 36.5 Å². The number of aromatic nitrogens is 2. The number of likely N-dealkylation sites (tertiary alicyclic amines) is 1. The van der Waals surface area contributed by atoms with Crippen LogP contribution in [0.25, 0.3) is 0 Å². The molecule has 0 saturated carbocycles. The number of nitrogens with zero attached hydrogens (tertiary/aromatic N) is 3. The maximum Gasteiger partial charge on any atom is 0.267 e. The van der Waals surface area contributed by atoms with Crippen LogP contribution in [0.4, 0.5) is 0 Å². The van der Waals surface area contributed by atoms with Crippen LogP contribution in [0, 0.1) is 0 Å². The number of nitrogens with one attached hydrogen (secondary N) is 1. The quantitative estimate of drug-likeness (QED) is 0.899. The van der Waals surface area contributed by atoms with E-state index in [9.17, 15) is 4.79 Å². The molecule has 1 aromatic heterocycles. The van der Waals surface area contributed by atoms with Crippen LogP contribution in [0.15, 0.2) is 0 Å². The molecule has 2 bridgehead atoms. The summed E-state index contributed by atoms with van der Waals surface area (Å²) in [6, 6.07) is 1.09. The molecule has 2 saturated heterocycles. The minimum absolute atomic E-state index is 0. The van der Waals surface area contributed by atoms with Gasteiger partial charge in [0.2, 0.25) is 0 Å². The van der Waals surface area contributed by atoms with E-state index in [2.05, 4.69) is 14.9 Å². The van der Waals surface area contributed by atoms with Gasteiger partial charge >= 0.3 is 0 Å². The second-order valence-corrected chi connectivity index (χ2v) is 5.83. The largest absolute Gasteiger partial charge is 0.336 e. The minimum atomic E-state index is 0. The monoisotopic (exact) mass is 302 g/mol. The molecule has 1 aromatic rings. The summed E-state index contributed by atoms with van der Waals surface area (Å²) in [7, 11) is 0. The van der Waals surface area contributed by atoms with Crippen molar-refractivity contribution in [3.8, 4) is 0 Å². The number of fused-ring (bicyclic) bond motifs is 2. The molecule has 19 heavy (non-hydrogen) atoms. The van der Waals surface area contributed by atoms with Gasteiger partial charge in [0.25, 0.3) is 5.91 Å². The van der Waals surface area contributed by atoms with Gasteiger partial charge in [0.05, 0.1) is 5.69 Å². The van der Waals surface area contributed by atoms with E-state index < -0.39 is 0 Å². The predicted octanol–water partition coefficient (Wildman–Crippen LogP) is 1.49. The Kier molecular flexibility index (Phi) is 4.76. The van der Waals surface area contributed by atoms with Crippen LogP contribution in [0.3, 0.4) is 0 Å². The normalized spacial score (nSPS) is 25.8. The highest BCUT2D eigenvalue weighted by atomic mass is 35.5. The van der Waals surface area contributed by atoms with Crippen LogP contribution in [-0.4, -0.2) is 45.6 Å². The summed E-state index contributed by atoms with van der Waals surface area (Å²) < 4.78 is 3.91. The lowest BCUT2D eigenvalue weighted by atomic mass is 10.1. The molecular weight excluding hydrogens is 284 g/mol. The van der Waals surface area contributed by atoms with Gasteiger partial charge in [-0.2, -0.15) is 0 Å². The highest BCUT2D eigenvalue weighted by Crippen LogP contribution is 2.23. The van der Waals surface area contributed by atoms with Crippen molar-refractivity contribution in [1.82, 2.24) is 19.8 Å². The molecule has 0 radical (unpaired) electrons. The standard InChI is InChI=1S/C12H18N4OS.ClH/c1-2-10-11(18-15-14-10)12(17)16-6-5-8-3-4-9(7-16)13-8;/h8-9,13H,2-7H2,1H3;1H. The third-order valence-electron chi connectivity index (χ3n) is 3.90. The Morgan fingerprint density at radius 2 is 2.21 bits per heavy atom. The summed E-state index contributed by atoms with van der Waals surface area (Å²) in [5, 5.41) is 7.62. The summed E-state index contributed by atoms with van der Waals surface area (Å²) in [6.45, 7) is 3.70. The number of rotatable bonds is 2. The third-order valence-corrected chi connectivity index (χ3v) is 4.65. The molecule has 2 aliphatic rings. The summed E-state index contributed by atoms with van der Waals surface area (Å²) in [6.07, 6.45) is 4.29. The maximum atomic E-state index is 12.5. The Bertz CT molecular complexity index is 453. The van der Waals surface area contributed by atoms with E-state index in [1.807, 2.05) is 11.8 Å². The average Bonchev–Trinajstić information content (AvgIpc) is 2.94. The summed E-state index contributed by atoms with van der Waals surface area (Å²) in [5.74, 6) is 0.121. The first-order valence-corrected chi connectivity index (χ1v) is 7.41. The molecule has 3 rings (SSSR count). The molecule has 2 fully saturated rings. The predicted molar refractivity (Wildman–Crippen MR) is 77.0 cm³/mol. The van der Waals surface area contributed by atoms with Gasteiger partial charge < -0.3 is 10.2 Å². The van der Waals surface area contributed by atoms with Gasteiger partial charge in [-0.05, 0) is 37.2 Å². The van der Waals surface area contributed by atoms with Crippen molar-refractivity contribution >= 4 is 29.8 Å². The Hall–Kier alpha value is -0.720. The molecule has 0 spiro atoms. The molecule has 2 aliphatic heterocycles. The van der Waals surface area contributed by atoms with Gasteiger partial charge in [-0.1, -0.05) is 11.4 Å². The van der Waals surface area contributed by atoms with Crippen LogP contribution < -0.4 is 5.32 Å². The molecule has 0 aliphatic carbocycles. The van der Waals surface area contributed by atoms with Crippen molar-refractivity contribution in [2.75, 3.05) is 13.1 Å². The second-order valence-electron chi connectivity index (χ2n) is 5.08. The van der Waals surface area contributed by atoms with Gasteiger partial charge in [0, 0.05) is 25.2 Å². The number of amides is 1. The summed E-state index contributed by atoms with van der Waals surface area (Å²) in [4.78, 5) is 15.2. The topological polar surface area (TPSA) is 58.1 Å². The fourth-order valence-corrected chi connectivity index (χ4v) is 3.59. The van der Waals surface area contributed by atoms with E-state index in [-0.39, 0.29) is 18.3 Å². The Morgan fingerprint density at radius 1 is 1.42 bits per heavy atom. The fraction of sp³-hybridized carbons (Fsp3) is 0.750. The van der Waals surface area contributed by atoms with Gasteiger partial charge in [-0.25, -0.2) is 0 Å². The van der Waals surface area contributed by atoms with E-state index in [1.54, 1.807) is 0 Å². The molecule has 0 aromatic carbocycles. The van der Waals surface area contributed by atoms with Gasteiger partial charge in [0.15, 0.2) is 0 Å². The summed E-state index contributed by atoms with van der Waals surface area (Å²) >= 11 is 1.23. The van der Waals surface area contributed by atoms with E-state index >= 15 is 0 Å². The number of carbonyl (C=O) groups is 1. The van der Waals surface area contributed by atoms with Crippen LogP contribution in [0.5, 0.6) is 0 Å². The number of aryl methyl sites for hydroxylation is 1. The Morgan fingerprint density at radius 3 is 3.00 bits per heavy atom. The van der Waals surface area contributed by atoms with Crippen LogP contribution >= 0.6 is 23.9 Å². The number of hydrogen-bond donors (Lipinski definition) is 1. The van der Waals surface area contributed by atoms with Crippen molar-refractivity contribution in [2.45, 2.75) is 44.7 Å². The van der Waals surface area contributed by atoms with Gasteiger partial charge in [-0.15, -0.1) is 17.5 Å². The minimum Gasteiger partial charge on any atom is -0.336 e. The Labute approximate surface area is 123 Å². The molecule has 5 nitrogen and oxygen atoms in total. The van der Waals surface area contributed by atoms with Crippen molar-refractivity contribution in [2.24, 2.45) is 0 Å². The highest BCUT2D eigenvalue weighted by molar-refractivity contribution is 7.08. The molecule has 3 heterocycles. The molecule has 2 unspecified atom stereocenters. The fourth-order valence-electron chi connectivity index (χ4n) is 2.87. The second kappa shape index (κ2) is 6.15. The van der Waals surface area contributed by atoms with Crippen molar-refractivity contribution in [1.29, 1.82) is 0 Å². The highest BCUT2D eigenvalue weighted by Gasteiger charge is 2.32. The first-order chi connectivity index (χ1) is 8.78. The molecule has 7 heteroatoms. The molecule has 106 valence electrons. The van der Waals surface area contributed by atoms with E-state index in [1.165, 1.54) is 24.4 Å². The van der Waals surface area contributed by atoms with Gasteiger partial charge in [-0.3, -0.25) is 4.79 Å². The molecular formula is C12H19ClN4OS. The van der Waals surface area contributed by atoms with Gasteiger partial charge in [0.1, 0.15) is 4.88 Å². The van der Waals surface area contributed by atoms with E-state index in [4.69, 9.17) is 0 Å². The van der Waals surface area contributed by atoms with E-state index in [0.29, 0.717) is 12.1 Å². The van der Waals surface area contributed by atoms with Crippen LogP contribution in [0.2, 0.25) is 0 Å². The zero-order chi connectivity index (χ0) is 12.5. The lowest BCUT2D eigenvalue weighted by molar-refractivity contribution is 0.0751. The number of halogens is 1. The average molecular weight is 303 g/mol. The lowest BCUT2D eigenvalue weighted by Gasteiger charge is -2.23. The number of carbonyl (C=O) groups excluding carboxylic acids is 1. The molecule has 1 amide bonds. The zero-order valence-corrected chi connectivity index (χ0v) is 12.6. The first-order valence-electron chi connectivity index (χ1n) is 6.64. The maximum absolute atomic E-state index is 12.5. The SMILES string of the molecule is CCc1nnsc1C(=O)N1CCC2CCC(C1)N2.Cl. The number of hydrogen-bond acceptors (Lipinski definition) is 5. The molecule has 1 N–H and O–H groups in total. The smallest absolute Gasteiger partial charge is 0.267 e. The third kappa shape index (κ3) is 2.90. The Balaban J connectivity index is 0.00000133. The lowest BCUT2D eigenvalue weighted by Crippen LogP contribution is -2.39. The zero-order valence-electron chi connectivity index (χ0n) is 11.0.